The number of piperidine rings is 1. The maximum atomic E-state index is 12.1. The second-order valence-corrected chi connectivity index (χ2v) is 7.33. The lowest BCUT2D eigenvalue weighted by atomic mass is 10.0. The Balaban J connectivity index is 1.57. The van der Waals surface area contributed by atoms with Gasteiger partial charge in [-0.1, -0.05) is 13.8 Å². The zero-order chi connectivity index (χ0) is 17.8. The van der Waals surface area contributed by atoms with Crippen LogP contribution in [0, 0.1) is 5.92 Å². The fourth-order valence-corrected chi connectivity index (χ4v) is 3.73. The number of anilines is 2. The summed E-state index contributed by atoms with van der Waals surface area (Å²) in [5.41, 5.74) is 0. The van der Waals surface area contributed by atoms with Crippen LogP contribution in [0.15, 0.2) is 12.4 Å². The van der Waals surface area contributed by atoms with Gasteiger partial charge in [-0.2, -0.15) is 0 Å². The Morgan fingerprint density at radius 3 is 2.72 bits per heavy atom. The molecule has 0 unspecified atom stereocenters. The molecule has 0 spiro atoms. The van der Waals surface area contributed by atoms with Gasteiger partial charge in [0.15, 0.2) is 0 Å². The molecule has 25 heavy (non-hydrogen) atoms. The predicted molar refractivity (Wildman–Crippen MR) is 97.5 cm³/mol. The normalized spacial score (nSPS) is 21.8. The minimum absolute atomic E-state index is 0.0638. The smallest absolute Gasteiger partial charge is 0.225 e. The van der Waals surface area contributed by atoms with Crippen molar-refractivity contribution in [2.24, 2.45) is 5.92 Å². The average molecular weight is 347 g/mol. The number of nitrogens with one attached hydrogen (secondary N) is 1. The standard InChI is InChI=1S/C18H29N5O2/c1-13(2)18(25)22-8-5-14(6-9-22)21-16-10-17(20-12-19-16)23-7-3-4-15(23)11-24/h10,12-15,24H,3-9,11H2,1-2H3,(H,19,20,21)/t15-/m1/s1. The summed E-state index contributed by atoms with van der Waals surface area (Å²) in [6.45, 7) is 6.59. The minimum atomic E-state index is 0.0638. The van der Waals surface area contributed by atoms with Crippen LogP contribution in [0.2, 0.25) is 0 Å². The lowest BCUT2D eigenvalue weighted by Crippen LogP contribution is -2.44. The number of hydrogen-bond acceptors (Lipinski definition) is 6. The van der Waals surface area contributed by atoms with E-state index in [1.54, 1.807) is 6.33 Å². The topological polar surface area (TPSA) is 81.6 Å². The third-order valence-corrected chi connectivity index (χ3v) is 5.19. The summed E-state index contributed by atoms with van der Waals surface area (Å²) in [4.78, 5) is 24.9. The predicted octanol–water partition coefficient (Wildman–Crippen LogP) is 1.50. The van der Waals surface area contributed by atoms with Crippen molar-refractivity contribution in [1.82, 2.24) is 14.9 Å². The van der Waals surface area contributed by atoms with E-state index < -0.39 is 0 Å². The molecule has 3 heterocycles. The summed E-state index contributed by atoms with van der Waals surface area (Å²) in [7, 11) is 0. The van der Waals surface area contributed by atoms with Crippen LogP contribution in [0.3, 0.4) is 0 Å². The van der Waals surface area contributed by atoms with Gasteiger partial charge in [0, 0.05) is 37.7 Å². The lowest BCUT2D eigenvalue weighted by Gasteiger charge is -2.33. The van der Waals surface area contributed by atoms with E-state index in [0.29, 0.717) is 6.04 Å². The second-order valence-electron chi connectivity index (χ2n) is 7.33. The Morgan fingerprint density at radius 1 is 1.28 bits per heavy atom. The van der Waals surface area contributed by atoms with E-state index in [1.807, 2.05) is 24.8 Å². The van der Waals surface area contributed by atoms with Gasteiger partial charge in [0.05, 0.1) is 12.6 Å². The molecule has 1 amide bonds. The molecular formula is C18H29N5O2. The quantitative estimate of drug-likeness (QED) is 0.840. The van der Waals surface area contributed by atoms with Crippen LogP contribution in [0.5, 0.6) is 0 Å². The number of likely N-dealkylation sites (tertiary alicyclic amines) is 1. The first-order valence-corrected chi connectivity index (χ1v) is 9.33. The van der Waals surface area contributed by atoms with Gasteiger partial charge >= 0.3 is 0 Å². The van der Waals surface area contributed by atoms with E-state index in [1.165, 1.54) is 0 Å². The molecule has 1 aromatic rings. The zero-order valence-electron chi connectivity index (χ0n) is 15.2. The highest BCUT2D eigenvalue weighted by molar-refractivity contribution is 5.78. The summed E-state index contributed by atoms with van der Waals surface area (Å²) in [5.74, 6) is 2.00. The van der Waals surface area contributed by atoms with Gasteiger partial charge in [0.25, 0.3) is 0 Å². The van der Waals surface area contributed by atoms with Gasteiger partial charge in [-0.15, -0.1) is 0 Å². The fraction of sp³-hybridized carbons (Fsp3) is 0.722. The SMILES string of the molecule is CC(C)C(=O)N1CCC(Nc2cc(N3CCC[C@@H]3CO)ncn2)CC1. The van der Waals surface area contributed by atoms with Crippen molar-refractivity contribution < 1.29 is 9.90 Å². The molecule has 2 aliphatic rings. The first-order valence-electron chi connectivity index (χ1n) is 9.33. The van der Waals surface area contributed by atoms with E-state index in [0.717, 1.165) is 57.0 Å². The Morgan fingerprint density at radius 2 is 2.04 bits per heavy atom. The maximum absolute atomic E-state index is 12.1. The molecule has 0 radical (unpaired) electrons. The highest BCUT2D eigenvalue weighted by atomic mass is 16.3. The van der Waals surface area contributed by atoms with Crippen molar-refractivity contribution >= 4 is 17.5 Å². The van der Waals surface area contributed by atoms with E-state index in [-0.39, 0.29) is 24.5 Å². The molecule has 138 valence electrons. The van der Waals surface area contributed by atoms with Crippen LogP contribution < -0.4 is 10.2 Å². The van der Waals surface area contributed by atoms with Gasteiger partial charge in [0.1, 0.15) is 18.0 Å². The average Bonchev–Trinajstić information content (AvgIpc) is 3.11. The summed E-state index contributed by atoms with van der Waals surface area (Å²) >= 11 is 0. The fourth-order valence-electron chi connectivity index (χ4n) is 3.73. The largest absolute Gasteiger partial charge is 0.394 e. The number of aliphatic hydroxyl groups is 1. The number of nitrogens with zero attached hydrogens (tertiary/aromatic N) is 4. The monoisotopic (exact) mass is 347 g/mol. The molecule has 2 saturated heterocycles. The number of aliphatic hydroxyl groups excluding tert-OH is 1. The van der Waals surface area contributed by atoms with Gasteiger partial charge in [-0.05, 0) is 25.7 Å². The van der Waals surface area contributed by atoms with Gasteiger partial charge in [0.2, 0.25) is 5.91 Å². The van der Waals surface area contributed by atoms with Gasteiger partial charge in [-0.25, -0.2) is 9.97 Å². The molecule has 1 aromatic heterocycles. The first kappa shape index (κ1) is 17.9. The van der Waals surface area contributed by atoms with E-state index in [4.69, 9.17) is 0 Å². The van der Waals surface area contributed by atoms with Crippen molar-refractivity contribution in [3.8, 4) is 0 Å². The van der Waals surface area contributed by atoms with E-state index in [2.05, 4.69) is 20.2 Å². The molecule has 2 aliphatic heterocycles. The van der Waals surface area contributed by atoms with Crippen molar-refractivity contribution in [1.29, 1.82) is 0 Å². The van der Waals surface area contributed by atoms with Crippen molar-refractivity contribution in [3.63, 3.8) is 0 Å². The summed E-state index contributed by atoms with van der Waals surface area (Å²) in [6, 6.07) is 2.46. The number of rotatable bonds is 5. The molecule has 0 aliphatic carbocycles. The highest BCUT2D eigenvalue weighted by Gasteiger charge is 2.26. The van der Waals surface area contributed by atoms with Gasteiger partial charge in [-0.3, -0.25) is 4.79 Å². The number of carbonyl (C=O) groups is 1. The molecule has 2 fully saturated rings. The van der Waals surface area contributed by atoms with Crippen LogP contribution in [0.1, 0.15) is 39.5 Å². The summed E-state index contributed by atoms with van der Waals surface area (Å²) < 4.78 is 0. The van der Waals surface area contributed by atoms with Crippen LogP contribution in [0.25, 0.3) is 0 Å². The Kier molecular flexibility index (Phi) is 5.73. The van der Waals surface area contributed by atoms with Crippen LogP contribution >= 0.6 is 0 Å². The molecule has 3 rings (SSSR count). The number of carbonyl (C=O) groups excluding carboxylic acids is 1. The maximum Gasteiger partial charge on any atom is 0.225 e. The number of aromatic nitrogens is 2. The molecule has 0 aromatic carbocycles. The third-order valence-electron chi connectivity index (χ3n) is 5.19. The minimum Gasteiger partial charge on any atom is -0.394 e. The number of amides is 1. The van der Waals surface area contributed by atoms with E-state index in [9.17, 15) is 9.90 Å². The second kappa shape index (κ2) is 7.99. The molecule has 7 heteroatoms. The Labute approximate surface area is 149 Å². The zero-order valence-corrected chi connectivity index (χ0v) is 15.2. The molecule has 1 atom stereocenters. The highest BCUT2D eigenvalue weighted by Crippen LogP contribution is 2.25. The van der Waals surface area contributed by atoms with Crippen molar-refractivity contribution in [2.75, 3.05) is 36.5 Å². The van der Waals surface area contributed by atoms with Gasteiger partial charge < -0.3 is 20.2 Å². The number of hydrogen-bond donors (Lipinski definition) is 2. The Bertz CT molecular complexity index is 587. The summed E-state index contributed by atoms with van der Waals surface area (Å²) in [6.07, 6.45) is 5.54. The summed E-state index contributed by atoms with van der Waals surface area (Å²) in [5, 5.41) is 13.0. The molecule has 0 saturated carbocycles. The van der Waals surface area contributed by atoms with Crippen LogP contribution in [-0.4, -0.2) is 64.2 Å². The Hall–Kier alpha value is -1.89. The van der Waals surface area contributed by atoms with E-state index >= 15 is 0 Å². The van der Waals surface area contributed by atoms with Crippen molar-refractivity contribution in [2.45, 2.75) is 51.6 Å². The molecule has 0 bridgehead atoms. The first-order chi connectivity index (χ1) is 12.1. The van der Waals surface area contributed by atoms with Crippen LogP contribution in [-0.2, 0) is 4.79 Å². The molecular weight excluding hydrogens is 318 g/mol. The van der Waals surface area contributed by atoms with Crippen molar-refractivity contribution in [3.05, 3.63) is 12.4 Å². The molecule has 7 nitrogen and oxygen atoms in total. The lowest BCUT2D eigenvalue weighted by molar-refractivity contribution is -0.135. The van der Waals surface area contributed by atoms with Crippen LogP contribution in [0.4, 0.5) is 11.6 Å². The molecule has 2 N–H and O–H groups in total. The third kappa shape index (κ3) is 4.21.